The third kappa shape index (κ3) is 1.25. The van der Waals surface area contributed by atoms with E-state index in [2.05, 4.69) is 4.98 Å². The molecule has 8 heavy (non-hydrogen) atoms. The second-order valence-corrected chi connectivity index (χ2v) is 2.16. The van der Waals surface area contributed by atoms with Crippen LogP contribution >= 0.6 is 8.73 Å². The fraction of sp³-hybridized carbons (Fsp3) is 0. The number of hydrogen-bond donors (Lipinski definition) is 1. The van der Waals surface area contributed by atoms with Crippen LogP contribution in [0.15, 0.2) is 24.4 Å². The molecule has 1 unspecified atom stereocenters. The van der Waals surface area contributed by atoms with Gasteiger partial charge in [-0.3, -0.25) is 4.98 Å². The van der Waals surface area contributed by atoms with E-state index in [1.54, 1.807) is 6.20 Å². The van der Waals surface area contributed by atoms with Crippen LogP contribution in [-0.4, -0.2) is 4.98 Å². The molecule has 0 saturated heterocycles. The van der Waals surface area contributed by atoms with Crippen LogP contribution in [0.1, 0.15) is 0 Å². The lowest BCUT2D eigenvalue weighted by molar-refractivity contribution is 1.39. The van der Waals surface area contributed by atoms with Crippen molar-refractivity contribution in [1.29, 1.82) is 0 Å². The molecule has 2 N–H and O–H groups in total. The molecule has 0 saturated carbocycles. The van der Waals surface area contributed by atoms with Crippen molar-refractivity contribution >= 4 is 14.2 Å². The zero-order valence-electron chi connectivity index (χ0n) is 4.33. The lowest BCUT2D eigenvalue weighted by Gasteiger charge is -1.88. The number of pyridine rings is 1. The molecular weight excluding hydrogens is 119 g/mol. The van der Waals surface area contributed by atoms with Crippen molar-refractivity contribution in [2.24, 2.45) is 5.50 Å². The smallest absolute Gasteiger partial charge is 0.0746 e. The van der Waals surface area contributed by atoms with Gasteiger partial charge in [0.2, 0.25) is 0 Å². The molecule has 0 spiro atoms. The molecule has 3 heteroatoms. The minimum Gasteiger partial charge on any atom is -0.307 e. The molecule has 0 aliphatic carbocycles. The quantitative estimate of drug-likeness (QED) is 0.548. The Labute approximate surface area is 50.0 Å². The summed E-state index contributed by atoms with van der Waals surface area (Å²) in [4.78, 5) is 3.98. The second kappa shape index (κ2) is 2.75. The van der Waals surface area contributed by atoms with E-state index in [0.29, 0.717) is 8.73 Å². The fourth-order valence-corrected chi connectivity index (χ4v) is 0.790. The van der Waals surface area contributed by atoms with Gasteiger partial charge in [-0.2, -0.15) is 0 Å². The van der Waals surface area contributed by atoms with Gasteiger partial charge in [0.15, 0.2) is 0 Å². The predicted octanol–water partition coefficient (Wildman–Crippen LogP) is 0.259. The van der Waals surface area contributed by atoms with E-state index in [1.165, 1.54) is 0 Å². The summed E-state index contributed by atoms with van der Waals surface area (Å²) in [6, 6.07) is 5.73. The van der Waals surface area contributed by atoms with E-state index < -0.39 is 0 Å². The third-order valence-electron chi connectivity index (χ3n) is 0.813. The standard InChI is InChI=1S/C5H7N2P/c6-8-5-3-1-2-4-7-5/h1-4,8H,6H2. The van der Waals surface area contributed by atoms with Crippen LogP contribution < -0.4 is 10.9 Å². The van der Waals surface area contributed by atoms with Gasteiger partial charge in [-0.1, -0.05) is 6.07 Å². The zero-order chi connectivity index (χ0) is 5.82. The lowest BCUT2D eigenvalue weighted by Crippen LogP contribution is -2.00. The van der Waals surface area contributed by atoms with Crippen LogP contribution in [-0.2, 0) is 0 Å². The largest absolute Gasteiger partial charge is 0.307 e. The molecule has 1 rings (SSSR count). The summed E-state index contributed by atoms with van der Waals surface area (Å²) in [6.07, 6.45) is 1.75. The molecule has 0 amide bonds. The maximum atomic E-state index is 5.32. The molecular formula is C5H7N2P. The molecule has 0 radical (unpaired) electrons. The zero-order valence-corrected chi connectivity index (χ0v) is 5.33. The Hall–Kier alpha value is -0.460. The van der Waals surface area contributed by atoms with Gasteiger partial charge in [0, 0.05) is 6.20 Å². The van der Waals surface area contributed by atoms with Crippen LogP contribution in [0.25, 0.3) is 0 Å². The van der Waals surface area contributed by atoms with Crippen molar-refractivity contribution in [3.05, 3.63) is 24.4 Å². The summed E-state index contributed by atoms with van der Waals surface area (Å²) in [6.45, 7) is 0. The Morgan fingerprint density at radius 3 is 2.75 bits per heavy atom. The molecule has 0 aromatic carbocycles. The van der Waals surface area contributed by atoms with E-state index >= 15 is 0 Å². The first-order valence-corrected chi connectivity index (χ1v) is 3.39. The normalized spacial score (nSPS) is 10.6. The molecule has 1 atom stereocenters. The van der Waals surface area contributed by atoms with Crippen molar-refractivity contribution in [3.8, 4) is 0 Å². The SMILES string of the molecule is NPc1ccccn1. The Morgan fingerprint density at radius 2 is 2.38 bits per heavy atom. The van der Waals surface area contributed by atoms with Crippen LogP contribution in [0.3, 0.4) is 0 Å². The second-order valence-electron chi connectivity index (χ2n) is 1.36. The molecule has 0 bridgehead atoms. The highest BCUT2D eigenvalue weighted by Crippen LogP contribution is 1.91. The van der Waals surface area contributed by atoms with Crippen molar-refractivity contribution in [3.63, 3.8) is 0 Å². The highest BCUT2D eigenvalue weighted by Gasteiger charge is 1.81. The summed E-state index contributed by atoms with van der Waals surface area (Å²) >= 11 is 0. The minimum absolute atomic E-state index is 0.319. The Kier molecular flexibility index (Phi) is 1.95. The van der Waals surface area contributed by atoms with Gasteiger partial charge in [0.1, 0.15) is 0 Å². The van der Waals surface area contributed by atoms with Crippen molar-refractivity contribution in [2.45, 2.75) is 0 Å². The van der Waals surface area contributed by atoms with Crippen LogP contribution in [0.5, 0.6) is 0 Å². The van der Waals surface area contributed by atoms with Crippen LogP contribution in [0.2, 0.25) is 0 Å². The lowest BCUT2D eigenvalue weighted by atomic mass is 10.5. The predicted molar refractivity (Wildman–Crippen MR) is 36.4 cm³/mol. The van der Waals surface area contributed by atoms with E-state index in [4.69, 9.17) is 5.50 Å². The summed E-state index contributed by atoms with van der Waals surface area (Å²) in [7, 11) is 0.319. The highest BCUT2D eigenvalue weighted by atomic mass is 31.1. The maximum absolute atomic E-state index is 5.32. The van der Waals surface area contributed by atoms with E-state index in [-0.39, 0.29) is 0 Å². The Morgan fingerprint density at radius 1 is 1.50 bits per heavy atom. The van der Waals surface area contributed by atoms with Crippen molar-refractivity contribution < 1.29 is 0 Å². The van der Waals surface area contributed by atoms with Crippen LogP contribution in [0, 0.1) is 0 Å². The van der Waals surface area contributed by atoms with Gasteiger partial charge in [-0.15, -0.1) is 0 Å². The first-order valence-electron chi connectivity index (χ1n) is 2.31. The van der Waals surface area contributed by atoms with Gasteiger partial charge in [-0.05, 0) is 20.9 Å². The summed E-state index contributed by atoms with van der Waals surface area (Å²) in [5, 5.41) is 0. The van der Waals surface area contributed by atoms with Gasteiger partial charge < -0.3 is 5.50 Å². The first kappa shape index (κ1) is 5.67. The average Bonchev–Trinajstić information content (AvgIpc) is 1.90. The number of rotatable bonds is 1. The van der Waals surface area contributed by atoms with Crippen molar-refractivity contribution in [1.82, 2.24) is 4.98 Å². The molecule has 2 nitrogen and oxygen atoms in total. The average molecular weight is 126 g/mol. The van der Waals surface area contributed by atoms with Gasteiger partial charge in [0.25, 0.3) is 0 Å². The first-order chi connectivity index (χ1) is 3.93. The number of nitrogens with two attached hydrogens (primary N) is 1. The topological polar surface area (TPSA) is 38.9 Å². The molecule has 1 heterocycles. The number of nitrogens with zero attached hydrogens (tertiary/aromatic N) is 1. The van der Waals surface area contributed by atoms with Gasteiger partial charge in [0.05, 0.1) is 5.44 Å². The Balaban J connectivity index is 2.83. The van der Waals surface area contributed by atoms with Gasteiger partial charge in [-0.25, -0.2) is 0 Å². The number of aromatic nitrogens is 1. The number of hydrogen-bond acceptors (Lipinski definition) is 2. The van der Waals surface area contributed by atoms with E-state index in [9.17, 15) is 0 Å². The van der Waals surface area contributed by atoms with E-state index in [0.717, 1.165) is 5.44 Å². The van der Waals surface area contributed by atoms with E-state index in [1.807, 2.05) is 18.2 Å². The summed E-state index contributed by atoms with van der Waals surface area (Å²) in [5.74, 6) is 0. The highest BCUT2D eigenvalue weighted by molar-refractivity contribution is 7.44. The molecule has 0 aliphatic heterocycles. The fourth-order valence-electron chi connectivity index (χ4n) is 0.448. The molecule has 42 valence electrons. The monoisotopic (exact) mass is 126 g/mol. The summed E-state index contributed by atoms with van der Waals surface area (Å²) in [5.41, 5.74) is 6.28. The molecule has 0 aliphatic rings. The maximum Gasteiger partial charge on any atom is 0.0746 e. The van der Waals surface area contributed by atoms with Crippen LogP contribution in [0.4, 0.5) is 0 Å². The minimum atomic E-state index is 0.319. The Bertz CT molecular complexity index is 152. The summed E-state index contributed by atoms with van der Waals surface area (Å²) < 4.78 is 0. The third-order valence-corrected chi connectivity index (χ3v) is 1.40. The molecule has 1 aromatic rings. The van der Waals surface area contributed by atoms with Crippen molar-refractivity contribution in [2.75, 3.05) is 0 Å². The molecule has 1 aromatic heterocycles. The molecule has 0 fully saturated rings. The van der Waals surface area contributed by atoms with Gasteiger partial charge >= 0.3 is 0 Å².